The summed E-state index contributed by atoms with van der Waals surface area (Å²) < 4.78 is 23.0. The molecule has 2 rings (SSSR count). The Balaban J connectivity index is 2.20. The van der Waals surface area contributed by atoms with Crippen LogP contribution in [0.4, 0.5) is 5.69 Å². The van der Waals surface area contributed by atoms with Crippen LogP contribution in [-0.2, 0) is 9.84 Å². The number of amides is 1. The van der Waals surface area contributed by atoms with E-state index in [0.29, 0.717) is 6.42 Å². The normalized spacial score (nSPS) is 12.4. The van der Waals surface area contributed by atoms with Gasteiger partial charge in [-0.3, -0.25) is 14.9 Å². The molecule has 25 heavy (non-hydrogen) atoms. The summed E-state index contributed by atoms with van der Waals surface area (Å²) in [5.74, 6) is -0.428. The molecule has 0 aromatic heterocycles. The molecule has 0 bridgehead atoms. The Morgan fingerprint density at radius 1 is 1.20 bits per heavy atom. The van der Waals surface area contributed by atoms with Gasteiger partial charge in [-0.15, -0.1) is 0 Å². The second-order valence-corrected chi connectivity index (χ2v) is 7.60. The number of sulfone groups is 1. The number of rotatable bonds is 6. The number of benzene rings is 2. The summed E-state index contributed by atoms with van der Waals surface area (Å²) in [6.45, 7) is 1.88. The third-order valence-electron chi connectivity index (χ3n) is 3.74. The van der Waals surface area contributed by atoms with Crippen LogP contribution in [0.15, 0.2) is 53.4 Å². The summed E-state index contributed by atoms with van der Waals surface area (Å²) in [4.78, 5) is 22.8. The van der Waals surface area contributed by atoms with Crippen molar-refractivity contribution in [2.75, 3.05) is 6.26 Å². The van der Waals surface area contributed by atoms with Crippen molar-refractivity contribution in [3.8, 4) is 0 Å². The second kappa shape index (κ2) is 7.43. The Morgan fingerprint density at radius 2 is 1.84 bits per heavy atom. The van der Waals surface area contributed by atoms with Crippen LogP contribution in [0.25, 0.3) is 0 Å². The second-order valence-electron chi connectivity index (χ2n) is 5.58. The lowest BCUT2D eigenvalue weighted by Gasteiger charge is -2.18. The van der Waals surface area contributed by atoms with Crippen molar-refractivity contribution in [1.82, 2.24) is 5.32 Å². The van der Waals surface area contributed by atoms with E-state index < -0.39 is 20.7 Å². The molecule has 0 radical (unpaired) electrons. The zero-order chi connectivity index (χ0) is 18.6. The molecule has 0 heterocycles. The lowest BCUT2D eigenvalue weighted by molar-refractivity contribution is -0.384. The molecule has 8 heteroatoms. The highest BCUT2D eigenvalue weighted by molar-refractivity contribution is 7.90. The van der Waals surface area contributed by atoms with Crippen LogP contribution in [0.5, 0.6) is 0 Å². The molecular weight excluding hydrogens is 344 g/mol. The van der Waals surface area contributed by atoms with E-state index in [1.165, 1.54) is 36.4 Å². The zero-order valence-corrected chi connectivity index (χ0v) is 14.6. The topological polar surface area (TPSA) is 106 Å². The third-order valence-corrected chi connectivity index (χ3v) is 4.87. The average Bonchev–Trinajstić information content (AvgIpc) is 2.59. The van der Waals surface area contributed by atoms with Crippen molar-refractivity contribution in [3.05, 3.63) is 69.8 Å². The molecule has 1 N–H and O–H groups in total. The number of carbonyl (C=O) groups excluding carboxylic acids is 1. The number of nitrogens with one attached hydrogen (secondary N) is 1. The van der Waals surface area contributed by atoms with E-state index in [0.717, 1.165) is 11.8 Å². The molecule has 1 amide bonds. The summed E-state index contributed by atoms with van der Waals surface area (Å²) in [5, 5.41) is 13.6. The zero-order valence-electron chi connectivity index (χ0n) is 13.8. The molecule has 2 aromatic rings. The van der Waals surface area contributed by atoms with Gasteiger partial charge >= 0.3 is 0 Å². The molecule has 0 aliphatic heterocycles. The highest BCUT2D eigenvalue weighted by atomic mass is 32.2. The first kappa shape index (κ1) is 18.6. The van der Waals surface area contributed by atoms with Crippen LogP contribution < -0.4 is 5.32 Å². The molecule has 0 spiro atoms. The Labute approximate surface area is 145 Å². The largest absolute Gasteiger partial charge is 0.345 e. The minimum atomic E-state index is -3.28. The van der Waals surface area contributed by atoms with Gasteiger partial charge in [-0.2, -0.15) is 0 Å². The number of nitro groups is 1. The van der Waals surface area contributed by atoms with Gasteiger partial charge in [0.15, 0.2) is 9.84 Å². The first-order chi connectivity index (χ1) is 11.7. The van der Waals surface area contributed by atoms with Crippen LogP contribution >= 0.6 is 0 Å². The number of hydrogen-bond donors (Lipinski definition) is 1. The fourth-order valence-electron chi connectivity index (χ4n) is 2.37. The van der Waals surface area contributed by atoms with Crippen molar-refractivity contribution in [2.24, 2.45) is 0 Å². The van der Waals surface area contributed by atoms with E-state index in [4.69, 9.17) is 0 Å². The minimum Gasteiger partial charge on any atom is -0.345 e. The highest BCUT2D eigenvalue weighted by Crippen LogP contribution is 2.20. The number of carbonyl (C=O) groups is 1. The van der Waals surface area contributed by atoms with Gasteiger partial charge in [0.1, 0.15) is 0 Å². The quantitative estimate of drug-likeness (QED) is 0.628. The summed E-state index contributed by atoms with van der Waals surface area (Å²) >= 11 is 0. The lowest BCUT2D eigenvalue weighted by Crippen LogP contribution is -2.28. The number of nitro benzene ring substituents is 1. The van der Waals surface area contributed by atoms with Crippen LogP contribution in [0.1, 0.15) is 35.3 Å². The summed E-state index contributed by atoms with van der Waals surface area (Å²) in [7, 11) is -3.28. The van der Waals surface area contributed by atoms with Gasteiger partial charge in [-0.1, -0.05) is 25.1 Å². The molecule has 0 fully saturated rings. The Morgan fingerprint density at radius 3 is 2.36 bits per heavy atom. The predicted molar refractivity (Wildman–Crippen MR) is 93.1 cm³/mol. The molecule has 7 nitrogen and oxygen atoms in total. The van der Waals surface area contributed by atoms with Crippen LogP contribution in [-0.4, -0.2) is 25.5 Å². The Hall–Kier alpha value is -2.74. The fourth-order valence-corrected chi connectivity index (χ4v) is 3.00. The van der Waals surface area contributed by atoms with Gasteiger partial charge in [0.2, 0.25) is 0 Å². The molecule has 0 saturated heterocycles. The Bertz CT molecular complexity index is 892. The SMILES string of the molecule is CCC(NC(=O)c1cccc([N+](=O)[O-])c1)c1ccc(S(C)(=O)=O)cc1. The maximum Gasteiger partial charge on any atom is 0.270 e. The van der Waals surface area contributed by atoms with Crippen LogP contribution in [0, 0.1) is 10.1 Å². The highest BCUT2D eigenvalue weighted by Gasteiger charge is 2.17. The first-order valence-electron chi connectivity index (χ1n) is 7.57. The summed E-state index contributed by atoms with van der Waals surface area (Å²) in [6.07, 6.45) is 1.71. The first-order valence-corrected chi connectivity index (χ1v) is 9.47. The van der Waals surface area contributed by atoms with E-state index >= 15 is 0 Å². The van der Waals surface area contributed by atoms with E-state index in [1.54, 1.807) is 12.1 Å². The standard InChI is InChI=1S/C17H18N2O5S/c1-3-16(12-7-9-15(10-8-12)25(2,23)24)18-17(20)13-5-4-6-14(11-13)19(21)22/h4-11,16H,3H2,1-2H3,(H,18,20). The minimum absolute atomic E-state index is 0.154. The van der Waals surface area contributed by atoms with Gasteiger partial charge in [-0.25, -0.2) is 8.42 Å². The maximum atomic E-state index is 12.4. The van der Waals surface area contributed by atoms with Gasteiger partial charge in [0, 0.05) is 24.0 Å². The fraction of sp³-hybridized carbons (Fsp3) is 0.235. The van der Waals surface area contributed by atoms with Gasteiger partial charge in [0.25, 0.3) is 11.6 Å². The van der Waals surface area contributed by atoms with E-state index in [2.05, 4.69) is 5.32 Å². The van der Waals surface area contributed by atoms with Crippen LogP contribution in [0.2, 0.25) is 0 Å². The molecule has 0 aliphatic carbocycles. The molecule has 2 aromatic carbocycles. The molecule has 1 atom stereocenters. The van der Waals surface area contributed by atoms with Crippen molar-refractivity contribution in [1.29, 1.82) is 0 Å². The number of non-ortho nitro benzene ring substituents is 1. The molecule has 0 aliphatic rings. The smallest absolute Gasteiger partial charge is 0.270 e. The lowest BCUT2D eigenvalue weighted by atomic mass is 10.0. The van der Waals surface area contributed by atoms with Crippen molar-refractivity contribution in [2.45, 2.75) is 24.3 Å². The number of nitrogens with zero attached hydrogens (tertiary/aromatic N) is 1. The molecule has 1 unspecified atom stereocenters. The molecule has 132 valence electrons. The van der Waals surface area contributed by atoms with Gasteiger partial charge < -0.3 is 5.32 Å². The summed E-state index contributed by atoms with van der Waals surface area (Å²) in [6, 6.07) is 11.4. The predicted octanol–water partition coefficient (Wildman–Crippen LogP) is 2.88. The van der Waals surface area contributed by atoms with E-state index in [-0.39, 0.29) is 22.2 Å². The van der Waals surface area contributed by atoms with Crippen molar-refractivity contribution in [3.63, 3.8) is 0 Å². The van der Waals surface area contributed by atoms with E-state index in [9.17, 15) is 23.3 Å². The summed E-state index contributed by atoms with van der Waals surface area (Å²) in [5.41, 5.74) is 0.798. The van der Waals surface area contributed by atoms with Crippen molar-refractivity contribution >= 4 is 21.4 Å². The number of hydrogen-bond acceptors (Lipinski definition) is 5. The van der Waals surface area contributed by atoms with Gasteiger partial charge in [0.05, 0.1) is 15.9 Å². The van der Waals surface area contributed by atoms with Gasteiger partial charge in [-0.05, 0) is 30.2 Å². The van der Waals surface area contributed by atoms with Crippen LogP contribution in [0.3, 0.4) is 0 Å². The molecule has 0 saturated carbocycles. The average molecular weight is 362 g/mol. The molecular formula is C17H18N2O5S. The van der Waals surface area contributed by atoms with Crippen molar-refractivity contribution < 1.29 is 18.1 Å². The monoisotopic (exact) mass is 362 g/mol. The van der Waals surface area contributed by atoms with E-state index in [1.807, 2.05) is 6.92 Å². The Kier molecular flexibility index (Phi) is 5.53. The maximum absolute atomic E-state index is 12.4. The third kappa shape index (κ3) is 4.63.